The number of methoxy groups -OCH3 is 1. The molecule has 3 N–H and O–H groups in total. The second-order valence-electron chi connectivity index (χ2n) is 5.68. The zero-order chi connectivity index (χ0) is 19.1. The Morgan fingerprint density at radius 2 is 2.07 bits per heavy atom. The van der Waals surface area contributed by atoms with Crippen molar-refractivity contribution in [2.45, 2.75) is 6.42 Å². The van der Waals surface area contributed by atoms with E-state index in [1.54, 1.807) is 30.6 Å². The Bertz CT molecular complexity index is 893. The van der Waals surface area contributed by atoms with Gasteiger partial charge in [-0.05, 0) is 30.7 Å². The van der Waals surface area contributed by atoms with Gasteiger partial charge in [0.15, 0.2) is 11.6 Å². The molecule has 0 fully saturated rings. The maximum Gasteiger partial charge on any atom is 0.225 e. The fraction of sp³-hybridized carbons (Fsp3) is 0.211. The van der Waals surface area contributed by atoms with Crippen molar-refractivity contribution in [2.24, 2.45) is 0 Å². The third-order valence-corrected chi connectivity index (χ3v) is 3.73. The van der Waals surface area contributed by atoms with Crippen LogP contribution in [0.4, 0.5) is 21.8 Å². The lowest BCUT2D eigenvalue weighted by atomic mass is 10.2. The number of rotatable bonds is 8. The van der Waals surface area contributed by atoms with E-state index in [2.05, 4.69) is 25.6 Å². The van der Waals surface area contributed by atoms with Crippen molar-refractivity contribution in [3.63, 3.8) is 0 Å². The number of ether oxygens (including phenoxy) is 1. The third kappa shape index (κ3) is 4.89. The second-order valence-corrected chi connectivity index (χ2v) is 5.68. The third-order valence-electron chi connectivity index (χ3n) is 3.73. The summed E-state index contributed by atoms with van der Waals surface area (Å²) in [5, 5.41) is 15.1. The number of nitrogens with one attached hydrogen (secondary N) is 2. The standard InChI is InChI=1S/C19H20FN5O2/c1-27-17-6-5-14(10-15(17)20)23-18-11-16(13-4-2-7-21-12-13)24-19(25-18)22-8-3-9-26/h2,4-7,10-12,26H,3,8-9H2,1H3,(H2,22,23,24,25). The van der Waals surface area contributed by atoms with E-state index in [9.17, 15) is 4.39 Å². The Morgan fingerprint density at radius 1 is 1.19 bits per heavy atom. The Morgan fingerprint density at radius 3 is 2.78 bits per heavy atom. The highest BCUT2D eigenvalue weighted by atomic mass is 19.1. The summed E-state index contributed by atoms with van der Waals surface area (Å²) in [5.41, 5.74) is 2.03. The predicted octanol–water partition coefficient (Wildman–Crippen LogP) is 3.22. The summed E-state index contributed by atoms with van der Waals surface area (Å²) < 4.78 is 18.9. The van der Waals surface area contributed by atoms with Crippen molar-refractivity contribution in [1.29, 1.82) is 0 Å². The van der Waals surface area contributed by atoms with Gasteiger partial charge in [0.1, 0.15) is 5.82 Å². The minimum absolute atomic E-state index is 0.0749. The molecule has 3 rings (SSSR count). The predicted molar refractivity (Wildman–Crippen MR) is 102 cm³/mol. The summed E-state index contributed by atoms with van der Waals surface area (Å²) >= 11 is 0. The molecular weight excluding hydrogens is 349 g/mol. The molecular formula is C19H20FN5O2. The van der Waals surface area contributed by atoms with E-state index in [1.165, 1.54) is 13.2 Å². The smallest absolute Gasteiger partial charge is 0.225 e. The molecule has 0 aliphatic carbocycles. The van der Waals surface area contributed by atoms with E-state index >= 15 is 0 Å². The number of anilines is 3. The van der Waals surface area contributed by atoms with Gasteiger partial charge in [0.25, 0.3) is 0 Å². The van der Waals surface area contributed by atoms with E-state index in [1.807, 2.05) is 12.1 Å². The molecule has 0 aliphatic rings. The maximum absolute atomic E-state index is 13.9. The molecule has 0 aliphatic heterocycles. The molecule has 0 unspecified atom stereocenters. The molecule has 140 valence electrons. The van der Waals surface area contributed by atoms with E-state index in [0.29, 0.717) is 36.1 Å². The van der Waals surface area contributed by atoms with Gasteiger partial charge >= 0.3 is 0 Å². The molecule has 0 saturated heterocycles. The highest BCUT2D eigenvalue weighted by Crippen LogP contribution is 2.26. The number of aromatic nitrogens is 3. The lowest BCUT2D eigenvalue weighted by Gasteiger charge is -2.12. The first-order valence-corrected chi connectivity index (χ1v) is 8.44. The van der Waals surface area contributed by atoms with Gasteiger partial charge in [0.05, 0.1) is 12.8 Å². The second kappa shape index (κ2) is 8.91. The Kier molecular flexibility index (Phi) is 6.11. The summed E-state index contributed by atoms with van der Waals surface area (Å²) in [6, 6.07) is 10.1. The molecule has 0 bridgehead atoms. The van der Waals surface area contributed by atoms with Crippen molar-refractivity contribution in [3.05, 3.63) is 54.6 Å². The minimum atomic E-state index is -0.467. The van der Waals surface area contributed by atoms with Gasteiger partial charge in [-0.15, -0.1) is 0 Å². The van der Waals surface area contributed by atoms with E-state index in [4.69, 9.17) is 9.84 Å². The molecule has 3 aromatic rings. The molecule has 0 amide bonds. The highest BCUT2D eigenvalue weighted by molar-refractivity contribution is 5.67. The average Bonchev–Trinajstić information content (AvgIpc) is 2.69. The van der Waals surface area contributed by atoms with Gasteiger partial charge in [-0.1, -0.05) is 0 Å². The number of hydrogen-bond donors (Lipinski definition) is 3. The first-order valence-electron chi connectivity index (χ1n) is 8.44. The number of aliphatic hydroxyl groups is 1. The molecule has 2 heterocycles. The first-order chi connectivity index (χ1) is 13.2. The number of halogens is 1. The average molecular weight is 369 g/mol. The van der Waals surface area contributed by atoms with E-state index in [0.717, 1.165) is 5.56 Å². The van der Waals surface area contributed by atoms with E-state index < -0.39 is 5.82 Å². The summed E-state index contributed by atoms with van der Waals surface area (Å²) in [7, 11) is 1.42. The quantitative estimate of drug-likeness (QED) is 0.525. The van der Waals surface area contributed by atoms with Gasteiger partial charge in [0, 0.05) is 48.9 Å². The Labute approximate surface area is 156 Å². The topological polar surface area (TPSA) is 92.2 Å². The van der Waals surface area contributed by atoms with Crippen LogP contribution in [-0.4, -0.2) is 40.3 Å². The van der Waals surface area contributed by atoms with Crippen LogP contribution in [0.5, 0.6) is 5.75 Å². The largest absolute Gasteiger partial charge is 0.494 e. The van der Waals surface area contributed by atoms with Crippen LogP contribution in [0.2, 0.25) is 0 Å². The van der Waals surface area contributed by atoms with E-state index in [-0.39, 0.29) is 12.4 Å². The SMILES string of the molecule is COc1ccc(Nc2cc(-c3cccnc3)nc(NCCCO)n2)cc1F. The molecule has 2 aromatic heterocycles. The highest BCUT2D eigenvalue weighted by Gasteiger charge is 2.09. The molecule has 27 heavy (non-hydrogen) atoms. The van der Waals surface area contributed by atoms with Crippen LogP contribution in [0.3, 0.4) is 0 Å². The molecule has 0 spiro atoms. The van der Waals surface area contributed by atoms with Crippen molar-refractivity contribution < 1.29 is 14.2 Å². The molecule has 8 heteroatoms. The summed E-state index contributed by atoms with van der Waals surface area (Å²) in [6.07, 6.45) is 3.97. The molecule has 0 atom stereocenters. The Balaban J connectivity index is 1.90. The summed E-state index contributed by atoms with van der Waals surface area (Å²) in [5.74, 6) is 0.609. The van der Waals surface area contributed by atoms with Crippen LogP contribution >= 0.6 is 0 Å². The Hall–Kier alpha value is -3.26. The van der Waals surface area contributed by atoms with Crippen LogP contribution in [0, 0.1) is 5.82 Å². The van der Waals surface area contributed by atoms with Gasteiger partial charge in [-0.2, -0.15) is 4.98 Å². The lowest BCUT2D eigenvalue weighted by molar-refractivity contribution is 0.292. The van der Waals surface area contributed by atoms with Crippen molar-refractivity contribution in [3.8, 4) is 17.0 Å². The van der Waals surface area contributed by atoms with Crippen LogP contribution in [-0.2, 0) is 0 Å². The lowest BCUT2D eigenvalue weighted by Crippen LogP contribution is -2.08. The maximum atomic E-state index is 13.9. The molecule has 0 saturated carbocycles. The number of pyridine rings is 1. The van der Waals surface area contributed by atoms with Crippen molar-refractivity contribution >= 4 is 17.5 Å². The van der Waals surface area contributed by atoms with Crippen LogP contribution in [0.1, 0.15) is 6.42 Å². The normalized spacial score (nSPS) is 10.5. The summed E-state index contributed by atoms with van der Waals surface area (Å²) in [6.45, 7) is 0.606. The van der Waals surface area contributed by atoms with Crippen molar-refractivity contribution in [1.82, 2.24) is 15.0 Å². The first kappa shape index (κ1) is 18.5. The van der Waals surface area contributed by atoms with Crippen LogP contribution < -0.4 is 15.4 Å². The van der Waals surface area contributed by atoms with Gasteiger partial charge in [0.2, 0.25) is 5.95 Å². The van der Waals surface area contributed by atoms with Gasteiger partial charge in [-0.3, -0.25) is 4.98 Å². The van der Waals surface area contributed by atoms with Gasteiger partial charge < -0.3 is 20.5 Å². The number of hydrogen-bond acceptors (Lipinski definition) is 7. The summed E-state index contributed by atoms with van der Waals surface area (Å²) in [4.78, 5) is 13.0. The van der Waals surface area contributed by atoms with Crippen LogP contribution in [0.25, 0.3) is 11.3 Å². The zero-order valence-corrected chi connectivity index (χ0v) is 14.8. The number of aliphatic hydroxyl groups excluding tert-OH is 1. The number of benzene rings is 1. The minimum Gasteiger partial charge on any atom is -0.494 e. The fourth-order valence-electron chi connectivity index (χ4n) is 2.42. The fourth-order valence-corrected chi connectivity index (χ4v) is 2.42. The number of nitrogens with zero attached hydrogens (tertiary/aromatic N) is 3. The molecule has 1 aromatic carbocycles. The monoisotopic (exact) mass is 369 g/mol. The van der Waals surface area contributed by atoms with Gasteiger partial charge in [-0.25, -0.2) is 9.37 Å². The van der Waals surface area contributed by atoms with Crippen LogP contribution in [0.15, 0.2) is 48.8 Å². The van der Waals surface area contributed by atoms with Crippen molar-refractivity contribution in [2.75, 3.05) is 30.9 Å². The molecule has 7 nitrogen and oxygen atoms in total. The molecule has 0 radical (unpaired) electrons. The zero-order valence-electron chi connectivity index (χ0n) is 14.8.